The second kappa shape index (κ2) is 5.22. The second-order valence-corrected chi connectivity index (χ2v) is 6.10. The Kier molecular flexibility index (Phi) is 3.44. The molecule has 0 aliphatic heterocycles. The van der Waals surface area contributed by atoms with Crippen molar-refractivity contribution in [1.82, 2.24) is 15.0 Å². The van der Waals surface area contributed by atoms with Crippen LogP contribution in [0, 0.1) is 0 Å². The van der Waals surface area contributed by atoms with Gasteiger partial charge in [0.2, 0.25) is 0 Å². The number of nitrogen functional groups attached to an aromatic ring is 1. The van der Waals surface area contributed by atoms with Gasteiger partial charge in [-0.1, -0.05) is 18.7 Å². The minimum absolute atomic E-state index is 0.750. The molecule has 98 valence electrons. The lowest BCUT2D eigenvalue weighted by Crippen LogP contribution is -1.83. The van der Waals surface area contributed by atoms with E-state index in [1.165, 1.54) is 5.01 Å². The molecule has 3 aromatic rings. The van der Waals surface area contributed by atoms with Crippen molar-refractivity contribution < 1.29 is 0 Å². The monoisotopic (exact) mass is 290 g/mol. The van der Waals surface area contributed by atoms with Gasteiger partial charge in [-0.05, 0) is 24.6 Å². The molecular formula is C13H14N4S2. The van der Waals surface area contributed by atoms with Gasteiger partial charge in [0.25, 0.3) is 0 Å². The number of imidazole rings is 1. The number of aromatic nitrogens is 3. The van der Waals surface area contributed by atoms with Gasteiger partial charge in [0.05, 0.1) is 21.7 Å². The van der Waals surface area contributed by atoms with Crippen LogP contribution in [0.25, 0.3) is 11.0 Å². The molecule has 2 aromatic heterocycles. The number of hydrogen-bond acceptors (Lipinski definition) is 5. The van der Waals surface area contributed by atoms with E-state index >= 15 is 0 Å². The maximum Gasteiger partial charge on any atom is 0.166 e. The highest BCUT2D eigenvalue weighted by molar-refractivity contribution is 7.98. The van der Waals surface area contributed by atoms with E-state index in [4.69, 9.17) is 5.73 Å². The summed E-state index contributed by atoms with van der Waals surface area (Å²) >= 11 is 3.39. The van der Waals surface area contributed by atoms with Crippen molar-refractivity contribution in [1.29, 1.82) is 0 Å². The Morgan fingerprint density at radius 1 is 1.37 bits per heavy atom. The third-order valence-corrected chi connectivity index (χ3v) is 4.69. The number of thioether (sulfide) groups is 1. The summed E-state index contributed by atoms with van der Waals surface area (Å²) in [6, 6.07) is 5.71. The lowest BCUT2D eigenvalue weighted by molar-refractivity contribution is 1.05. The number of nitrogens with zero attached hydrogens (tertiary/aromatic N) is 2. The van der Waals surface area contributed by atoms with Crippen LogP contribution < -0.4 is 5.73 Å². The third kappa shape index (κ3) is 2.74. The lowest BCUT2D eigenvalue weighted by atomic mass is 10.3. The van der Waals surface area contributed by atoms with E-state index in [0.29, 0.717) is 0 Å². The minimum Gasteiger partial charge on any atom is -0.399 e. The number of nitrogens with two attached hydrogens (primary N) is 1. The molecule has 0 saturated heterocycles. The molecule has 2 heterocycles. The fourth-order valence-electron chi connectivity index (χ4n) is 1.79. The van der Waals surface area contributed by atoms with Gasteiger partial charge in [0.15, 0.2) is 5.16 Å². The second-order valence-electron chi connectivity index (χ2n) is 4.19. The van der Waals surface area contributed by atoms with Crippen LogP contribution in [-0.2, 0) is 12.2 Å². The fourth-order valence-corrected chi connectivity index (χ4v) is 3.42. The Morgan fingerprint density at radius 2 is 2.26 bits per heavy atom. The zero-order chi connectivity index (χ0) is 13.2. The first-order valence-corrected chi connectivity index (χ1v) is 7.92. The van der Waals surface area contributed by atoms with E-state index in [2.05, 4.69) is 27.3 Å². The molecule has 0 unspecified atom stereocenters. The first-order valence-electron chi connectivity index (χ1n) is 6.06. The molecule has 6 heteroatoms. The largest absolute Gasteiger partial charge is 0.399 e. The first kappa shape index (κ1) is 12.5. The Bertz CT molecular complexity index is 702. The van der Waals surface area contributed by atoms with Gasteiger partial charge >= 0.3 is 0 Å². The van der Waals surface area contributed by atoms with Crippen LogP contribution in [0.5, 0.6) is 0 Å². The van der Waals surface area contributed by atoms with E-state index in [9.17, 15) is 0 Å². The molecular weight excluding hydrogens is 276 g/mol. The zero-order valence-corrected chi connectivity index (χ0v) is 12.1. The van der Waals surface area contributed by atoms with Crippen molar-refractivity contribution >= 4 is 39.8 Å². The number of nitrogens with one attached hydrogen (secondary N) is 1. The molecule has 0 aliphatic carbocycles. The van der Waals surface area contributed by atoms with Gasteiger partial charge < -0.3 is 10.7 Å². The van der Waals surface area contributed by atoms with Crippen molar-refractivity contribution in [2.45, 2.75) is 24.3 Å². The fraction of sp³-hybridized carbons (Fsp3) is 0.231. The van der Waals surface area contributed by atoms with Crippen molar-refractivity contribution in [2.24, 2.45) is 0 Å². The lowest BCUT2D eigenvalue weighted by Gasteiger charge is -1.93. The van der Waals surface area contributed by atoms with Crippen LogP contribution >= 0.6 is 23.1 Å². The topological polar surface area (TPSA) is 67.6 Å². The average Bonchev–Trinajstić information content (AvgIpc) is 3.01. The van der Waals surface area contributed by atoms with Crippen molar-refractivity contribution in [2.75, 3.05) is 5.73 Å². The molecule has 3 N–H and O–H groups in total. The van der Waals surface area contributed by atoms with Gasteiger partial charge in [-0.15, -0.1) is 11.3 Å². The summed E-state index contributed by atoms with van der Waals surface area (Å²) in [4.78, 5) is 12.3. The maximum absolute atomic E-state index is 5.75. The molecule has 0 spiro atoms. The van der Waals surface area contributed by atoms with E-state index in [1.54, 1.807) is 23.1 Å². The molecule has 0 radical (unpaired) electrons. The molecule has 0 amide bonds. The highest BCUT2D eigenvalue weighted by Crippen LogP contribution is 2.24. The molecule has 19 heavy (non-hydrogen) atoms. The molecule has 0 bridgehead atoms. The summed E-state index contributed by atoms with van der Waals surface area (Å²) in [5, 5.41) is 4.21. The van der Waals surface area contributed by atoms with Crippen LogP contribution in [0.15, 0.2) is 28.7 Å². The number of anilines is 1. The third-order valence-electron chi connectivity index (χ3n) is 2.74. The predicted molar refractivity (Wildman–Crippen MR) is 81.6 cm³/mol. The summed E-state index contributed by atoms with van der Waals surface area (Å²) in [7, 11) is 0. The molecule has 0 saturated carbocycles. The van der Waals surface area contributed by atoms with Crippen LogP contribution in [0.2, 0.25) is 0 Å². The van der Waals surface area contributed by atoms with Gasteiger partial charge in [-0.3, -0.25) is 0 Å². The standard InChI is InChI=1S/C13H14N4S2/c1-2-12-15-9(6-18-12)7-19-13-16-10-4-3-8(14)5-11(10)17-13/h3-6H,2,7,14H2,1H3,(H,16,17). The number of rotatable bonds is 4. The van der Waals surface area contributed by atoms with E-state index in [-0.39, 0.29) is 0 Å². The highest BCUT2D eigenvalue weighted by Gasteiger charge is 2.06. The number of aryl methyl sites for hydroxylation is 1. The Balaban J connectivity index is 1.74. The number of hydrogen-bond donors (Lipinski definition) is 2. The minimum atomic E-state index is 0.750. The SMILES string of the molecule is CCc1nc(CSc2nc3ccc(N)cc3[nH]2)cs1. The summed E-state index contributed by atoms with van der Waals surface area (Å²) < 4.78 is 0. The van der Waals surface area contributed by atoms with Crippen molar-refractivity contribution in [3.05, 3.63) is 34.3 Å². The molecule has 0 aliphatic rings. The van der Waals surface area contributed by atoms with Crippen LogP contribution in [0.1, 0.15) is 17.6 Å². The van der Waals surface area contributed by atoms with Crippen molar-refractivity contribution in [3.8, 4) is 0 Å². The van der Waals surface area contributed by atoms with Crippen LogP contribution in [0.3, 0.4) is 0 Å². The molecule has 0 fully saturated rings. The summed E-state index contributed by atoms with van der Waals surface area (Å²) in [5.41, 5.74) is 9.55. The maximum atomic E-state index is 5.75. The zero-order valence-electron chi connectivity index (χ0n) is 10.5. The van der Waals surface area contributed by atoms with E-state index < -0.39 is 0 Å². The smallest absolute Gasteiger partial charge is 0.166 e. The van der Waals surface area contributed by atoms with Crippen LogP contribution in [-0.4, -0.2) is 15.0 Å². The van der Waals surface area contributed by atoms with E-state index in [0.717, 1.165) is 39.7 Å². The Hall–Kier alpha value is -1.53. The molecule has 4 nitrogen and oxygen atoms in total. The van der Waals surface area contributed by atoms with Gasteiger partial charge in [-0.2, -0.15) is 0 Å². The number of thiazole rings is 1. The number of fused-ring (bicyclic) bond motifs is 1. The summed E-state index contributed by atoms with van der Waals surface area (Å²) in [6.07, 6.45) is 0.999. The number of H-pyrrole nitrogens is 1. The molecule has 0 atom stereocenters. The average molecular weight is 290 g/mol. The van der Waals surface area contributed by atoms with Crippen LogP contribution in [0.4, 0.5) is 5.69 Å². The first-order chi connectivity index (χ1) is 9.24. The predicted octanol–water partition coefficient (Wildman–Crippen LogP) is 3.46. The summed E-state index contributed by atoms with van der Waals surface area (Å²) in [5.74, 6) is 0.839. The number of aromatic amines is 1. The van der Waals surface area contributed by atoms with E-state index in [1.807, 2.05) is 18.2 Å². The summed E-state index contributed by atoms with van der Waals surface area (Å²) in [6.45, 7) is 2.12. The Morgan fingerprint density at radius 3 is 3.05 bits per heavy atom. The quantitative estimate of drug-likeness (QED) is 0.570. The highest BCUT2D eigenvalue weighted by atomic mass is 32.2. The van der Waals surface area contributed by atoms with Gasteiger partial charge in [-0.25, -0.2) is 9.97 Å². The molecule has 1 aromatic carbocycles. The normalized spacial score (nSPS) is 11.2. The van der Waals surface area contributed by atoms with Gasteiger partial charge in [0, 0.05) is 16.8 Å². The van der Waals surface area contributed by atoms with Gasteiger partial charge in [0.1, 0.15) is 0 Å². The number of benzene rings is 1. The molecule has 3 rings (SSSR count). The Labute approximate surface area is 119 Å². The van der Waals surface area contributed by atoms with Crippen molar-refractivity contribution in [3.63, 3.8) is 0 Å².